The van der Waals surface area contributed by atoms with E-state index in [0.717, 1.165) is 24.5 Å². The average molecular weight is 230 g/mol. The van der Waals surface area contributed by atoms with Crippen LogP contribution in [0.4, 0.5) is 0 Å². The molecule has 2 heteroatoms. The molecule has 15 heavy (non-hydrogen) atoms. The number of hydrogen-bond acceptors (Lipinski definition) is 2. The molecule has 90 valence electrons. The minimum absolute atomic E-state index is 0.762. The molecule has 0 aliphatic rings. The third-order valence-corrected chi connectivity index (χ3v) is 2.96. The van der Waals surface area contributed by atoms with Crippen LogP contribution in [0, 0.1) is 0 Å². The third-order valence-electron chi connectivity index (χ3n) is 2.55. The zero-order valence-corrected chi connectivity index (χ0v) is 11.2. The molecule has 0 radical (unpaired) electrons. The van der Waals surface area contributed by atoms with E-state index >= 15 is 0 Å². The fraction of sp³-hybridized carbons (Fsp3) is 0.923. The van der Waals surface area contributed by atoms with Crippen molar-refractivity contribution in [2.45, 2.75) is 71.6 Å². The lowest BCUT2D eigenvalue weighted by Gasteiger charge is -2.05. The second kappa shape index (κ2) is 12.0. The highest BCUT2D eigenvalue weighted by molar-refractivity contribution is 7.80. The van der Waals surface area contributed by atoms with Crippen molar-refractivity contribution in [1.29, 1.82) is 0 Å². The van der Waals surface area contributed by atoms with Crippen molar-refractivity contribution in [3.63, 3.8) is 0 Å². The van der Waals surface area contributed by atoms with E-state index in [4.69, 9.17) is 17.0 Å². The predicted octanol–water partition coefficient (Wildman–Crippen LogP) is 4.88. The van der Waals surface area contributed by atoms with Crippen LogP contribution in [0.25, 0.3) is 0 Å². The number of rotatable bonds is 10. The van der Waals surface area contributed by atoms with Crippen molar-refractivity contribution < 1.29 is 4.74 Å². The zero-order chi connectivity index (χ0) is 11.4. The molecular weight excluding hydrogens is 204 g/mol. The van der Waals surface area contributed by atoms with E-state index in [-0.39, 0.29) is 0 Å². The molecule has 0 atom stereocenters. The lowest BCUT2D eigenvalue weighted by atomic mass is 10.1. The minimum Gasteiger partial charge on any atom is -0.487 e. The molecule has 0 heterocycles. The summed E-state index contributed by atoms with van der Waals surface area (Å²) in [7, 11) is 0. The summed E-state index contributed by atoms with van der Waals surface area (Å²) in [5.41, 5.74) is 0. The van der Waals surface area contributed by atoms with Gasteiger partial charge in [-0.05, 0) is 18.6 Å². The lowest BCUT2D eigenvalue weighted by molar-refractivity contribution is 0.293. The van der Waals surface area contributed by atoms with Gasteiger partial charge >= 0.3 is 0 Å². The number of thiocarbonyl (C=S) groups is 1. The topological polar surface area (TPSA) is 9.23 Å². The first-order chi connectivity index (χ1) is 7.31. The molecular formula is C13H26OS. The Kier molecular flexibility index (Phi) is 11.9. The van der Waals surface area contributed by atoms with Crippen LogP contribution in [0.15, 0.2) is 0 Å². The summed E-state index contributed by atoms with van der Waals surface area (Å²) in [4.78, 5) is 0. The van der Waals surface area contributed by atoms with Crippen LogP contribution >= 0.6 is 12.2 Å². The summed E-state index contributed by atoms with van der Waals surface area (Å²) >= 11 is 4.98. The summed E-state index contributed by atoms with van der Waals surface area (Å²) in [6.45, 7) is 5.12. The molecule has 0 aliphatic carbocycles. The molecule has 0 N–H and O–H groups in total. The Morgan fingerprint density at radius 2 is 1.40 bits per heavy atom. The molecule has 0 saturated carbocycles. The van der Waals surface area contributed by atoms with Crippen LogP contribution in [0.2, 0.25) is 0 Å². The molecule has 0 fully saturated rings. The lowest BCUT2D eigenvalue weighted by Crippen LogP contribution is -2.01. The van der Waals surface area contributed by atoms with Crippen LogP contribution in [0.5, 0.6) is 0 Å². The maximum Gasteiger partial charge on any atom is 0.159 e. The van der Waals surface area contributed by atoms with Gasteiger partial charge in [0.05, 0.1) is 6.61 Å². The van der Waals surface area contributed by atoms with Crippen LogP contribution in [-0.2, 0) is 4.74 Å². The first-order valence-electron chi connectivity index (χ1n) is 6.46. The highest BCUT2D eigenvalue weighted by Gasteiger charge is 1.94. The molecule has 0 spiro atoms. The Bertz CT molecular complexity index is 145. The van der Waals surface area contributed by atoms with Crippen LogP contribution in [0.3, 0.4) is 0 Å². The van der Waals surface area contributed by atoms with Gasteiger partial charge in [-0.15, -0.1) is 0 Å². The number of ether oxygens (including phenoxy) is 1. The van der Waals surface area contributed by atoms with Gasteiger partial charge in [-0.3, -0.25) is 0 Å². The molecule has 0 bridgehead atoms. The van der Waals surface area contributed by atoms with Crippen LogP contribution in [-0.4, -0.2) is 11.7 Å². The first-order valence-corrected chi connectivity index (χ1v) is 6.87. The SMILES string of the molecule is CCCCCCCCCCOC(=S)CC. The van der Waals surface area contributed by atoms with Gasteiger partial charge in [-0.25, -0.2) is 0 Å². The molecule has 0 aromatic rings. The molecule has 0 rings (SSSR count). The number of hydrogen-bond donors (Lipinski definition) is 0. The van der Waals surface area contributed by atoms with Crippen molar-refractivity contribution >= 4 is 17.3 Å². The Balaban J connectivity index is 2.95. The van der Waals surface area contributed by atoms with Gasteiger partial charge in [-0.1, -0.05) is 58.8 Å². The van der Waals surface area contributed by atoms with Crippen molar-refractivity contribution in [3.8, 4) is 0 Å². The monoisotopic (exact) mass is 230 g/mol. The Morgan fingerprint density at radius 3 is 1.93 bits per heavy atom. The molecule has 0 amide bonds. The van der Waals surface area contributed by atoms with Crippen molar-refractivity contribution in [2.75, 3.05) is 6.61 Å². The second-order valence-electron chi connectivity index (χ2n) is 4.05. The summed E-state index contributed by atoms with van der Waals surface area (Å²) in [5.74, 6) is 0. The minimum atomic E-state index is 0.762. The summed E-state index contributed by atoms with van der Waals surface area (Å²) in [5, 5.41) is 0.762. The van der Waals surface area contributed by atoms with E-state index in [1.165, 1.54) is 44.9 Å². The third kappa shape index (κ3) is 11.8. The normalized spacial score (nSPS) is 10.3. The van der Waals surface area contributed by atoms with Gasteiger partial charge in [0.2, 0.25) is 0 Å². The highest BCUT2D eigenvalue weighted by Crippen LogP contribution is 2.08. The largest absolute Gasteiger partial charge is 0.487 e. The second-order valence-corrected chi connectivity index (χ2v) is 4.50. The van der Waals surface area contributed by atoms with E-state index in [9.17, 15) is 0 Å². The average Bonchev–Trinajstić information content (AvgIpc) is 2.26. The smallest absolute Gasteiger partial charge is 0.159 e. The molecule has 0 saturated heterocycles. The first kappa shape index (κ1) is 14.9. The van der Waals surface area contributed by atoms with Crippen molar-refractivity contribution in [2.24, 2.45) is 0 Å². The molecule has 0 aliphatic heterocycles. The van der Waals surface area contributed by atoms with Crippen LogP contribution < -0.4 is 0 Å². The molecule has 0 aromatic heterocycles. The van der Waals surface area contributed by atoms with E-state index in [0.29, 0.717) is 0 Å². The molecule has 1 nitrogen and oxygen atoms in total. The quantitative estimate of drug-likeness (QED) is 0.391. The van der Waals surface area contributed by atoms with Crippen molar-refractivity contribution in [3.05, 3.63) is 0 Å². The van der Waals surface area contributed by atoms with E-state index in [2.05, 4.69) is 6.92 Å². The maximum atomic E-state index is 5.37. The van der Waals surface area contributed by atoms with Gasteiger partial charge in [0.25, 0.3) is 0 Å². The van der Waals surface area contributed by atoms with Gasteiger partial charge in [-0.2, -0.15) is 0 Å². The Hall–Kier alpha value is -0.110. The highest BCUT2D eigenvalue weighted by atomic mass is 32.1. The van der Waals surface area contributed by atoms with Crippen LogP contribution in [0.1, 0.15) is 71.6 Å². The van der Waals surface area contributed by atoms with Gasteiger partial charge in [0, 0.05) is 6.42 Å². The fourth-order valence-corrected chi connectivity index (χ4v) is 1.61. The summed E-state index contributed by atoms with van der Waals surface area (Å²) in [6, 6.07) is 0. The van der Waals surface area contributed by atoms with Gasteiger partial charge < -0.3 is 4.74 Å². The van der Waals surface area contributed by atoms with E-state index < -0.39 is 0 Å². The van der Waals surface area contributed by atoms with E-state index in [1.54, 1.807) is 0 Å². The maximum absolute atomic E-state index is 5.37. The molecule has 0 unspecified atom stereocenters. The Labute approximate surface area is 101 Å². The fourth-order valence-electron chi connectivity index (χ4n) is 1.52. The van der Waals surface area contributed by atoms with Crippen molar-refractivity contribution in [1.82, 2.24) is 0 Å². The van der Waals surface area contributed by atoms with Gasteiger partial charge in [0.1, 0.15) is 0 Å². The van der Waals surface area contributed by atoms with E-state index in [1.807, 2.05) is 6.92 Å². The number of unbranched alkanes of at least 4 members (excludes halogenated alkanes) is 7. The standard InChI is InChI=1S/C13H26OS/c1-3-5-6-7-8-9-10-11-12-14-13(15)4-2/h3-12H2,1-2H3. The summed E-state index contributed by atoms with van der Waals surface area (Å²) in [6.07, 6.45) is 11.6. The predicted molar refractivity (Wildman–Crippen MR) is 71.5 cm³/mol. The zero-order valence-electron chi connectivity index (χ0n) is 10.4. The Morgan fingerprint density at radius 1 is 0.867 bits per heavy atom. The summed E-state index contributed by atoms with van der Waals surface area (Å²) < 4.78 is 5.37. The van der Waals surface area contributed by atoms with Gasteiger partial charge in [0.15, 0.2) is 5.05 Å². The molecule has 0 aromatic carbocycles.